The van der Waals surface area contributed by atoms with Gasteiger partial charge in [-0.3, -0.25) is 4.79 Å². The number of carbonyl (C=O) groups excluding carboxylic acids is 1. The number of amides is 1. The van der Waals surface area contributed by atoms with Gasteiger partial charge in [0.2, 0.25) is 0 Å². The fraction of sp³-hybridized carbons (Fsp3) is 0.278. The number of rotatable bonds is 5. The number of H-pyrrole nitrogens is 1. The Morgan fingerprint density at radius 3 is 2.73 bits per heavy atom. The number of carbonyl (C=O) groups is 1. The number of para-hydroxylation sites is 1. The van der Waals surface area contributed by atoms with Gasteiger partial charge in [0, 0.05) is 28.9 Å². The minimum absolute atomic E-state index is 0.0401. The fourth-order valence-corrected chi connectivity index (χ4v) is 2.44. The van der Waals surface area contributed by atoms with E-state index in [0.717, 1.165) is 16.4 Å². The predicted molar refractivity (Wildman–Crippen MR) is 89.1 cm³/mol. The molecule has 3 aromatic rings. The third kappa shape index (κ3) is 3.06. The minimum atomic E-state index is -0.0922. The summed E-state index contributed by atoms with van der Waals surface area (Å²) in [6, 6.07) is 14.0. The average Bonchev–Trinajstić information content (AvgIpc) is 2.88. The number of ether oxygens (including phenoxy) is 1. The van der Waals surface area contributed by atoms with Crippen LogP contribution in [0, 0.1) is 5.92 Å². The maximum atomic E-state index is 11.7. The Bertz CT molecular complexity index is 805. The smallest absolute Gasteiger partial charge is 0.257 e. The van der Waals surface area contributed by atoms with Crippen LogP contribution in [0.4, 0.5) is 0 Å². The summed E-state index contributed by atoms with van der Waals surface area (Å²) in [7, 11) is 0. The summed E-state index contributed by atoms with van der Waals surface area (Å²) in [5, 5.41) is 5.19. The molecular weight excluding hydrogens is 276 g/mol. The van der Waals surface area contributed by atoms with Crippen LogP contribution in [0.3, 0.4) is 0 Å². The zero-order valence-electron chi connectivity index (χ0n) is 12.8. The van der Waals surface area contributed by atoms with Gasteiger partial charge >= 0.3 is 0 Å². The summed E-state index contributed by atoms with van der Waals surface area (Å²) < 4.78 is 5.57. The van der Waals surface area contributed by atoms with Crippen molar-refractivity contribution in [1.29, 1.82) is 0 Å². The van der Waals surface area contributed by atoms with E-state index in [0.29, 0.717) is 18.2 Å². The molecule has 1 aromatic heterocycles. The maximum Gasteiger partial charge on any atom is 0.257 e. The van der Waals surface area contributed by atoms with Crippen LogP contribution in [-0.4, -0.2) is 24.0 Å². The SMILES string of the molecule is CC(C)CNC(=O)COc1ccc2c(c1)[nH]c1ccccc12. The van der Waals surface area contributed by atoms with Gasteiger partial charge in [-0.2, -0.15) is 0 Å². The van der Waals surface area contributed by atoms with Crippen molar-refractivity contribution < 1.29 is 9.53 Å². The van der Waals surface area contributed by atoms with E-state index in [-0.39, 0.29) is 12.5 Å². The molecule has 2 aromatic carbocycles. The molecule has 22 heavy (non-hydrogen) atoms. The van der Waals surface area contributed by atoms with Crippen molar-refractivity contribution in [1.82, 2.24) is 10.3 Å². The first-order valence-corrected chi connectivity index (χ1v) is 7.53. The maximum absolute atomic E-state index is 11.7. The Morgan fingerprint density at radius 1 is 1.14 bits per heavy atom. The molecule has 0 bridgehead atoms. The van der Waals surface area contributed by atoms with Crippen molar-refractivity contribution in [2.24, 2.45) is 5.92 Å². The number of nitrogens with one attached hydrogen (secondary N) is 2. The predicted octanol–water partition coefficient (Wildman–Crippen LogP) is 3.47. The van der Waals surface area contributed by atoms with Gasteiger partial charge in [-0.25, -0.2) is 0 Å². The standard InChI is InChI=1S/C18H20N2O2/c1-12(2)10-19-18(21)11-22-13-7-8-15-14-5-3-4-6-16(14)20-17(15)9-13/h3-9,12,20H,10-11H2,1-2H3,(H,19,21). The molecule has 1 heterocycles. The van der Waals surface area contributed by atoms with E-state index in [2.05, 4.69) is 36.3 Å². The van der Waals surface area contributed by atoms with Crippen LogP contribution in [0.1, 0.15) is 13.8 Å². The Kier molecular flexibility index (Phi) is 4.00. The lowest BCUT2D eigenvalue weighted by Crippen LogP contribution is -2.31. The zero-order chi connectivity index (χ0) is 15.5. The molecule has 2 N–H and O–H groups in total. The van der Waals surface area contributed by atoms with E-state index >= 15 is 0 Å². The molecule has 114 valence electrons. The summed E-state index contributed by atoms with van der Waals surface area (Å²) in [4.78, 5) is 15.0. The summed E-state index contributed by atoms with van der Waals surface area (Å²) in [6.45, 7) is 4.83. The molecular formula is C18H20N2O2. The minimum Gasteiger partial charge on any atom is -0.484 e. The van der Waals surface area contributed by atoms with Crippen molar-refractivity contribution >= 4 is 27.7 Å². The van der Waals surface area contributed by atoms with Crippen LogP contribution < -0.4 is 10.1 Å². The molecule has 0 aliphatic carbocycles. The quantitative estimate of drug-likeness (QED) is 0.757. The van der Waals surface area contributed by atoms with Gasteiger partial charge in [0.25, 0.3) is 5.91 Å². The third-order valence-corrected chi connectivity index (χ3v) is 3.56. The fourth-order valence-electron chi connectivity index (χ4n) is 2.44. The van der Waals surface area contributed by atoms with E-state index in [1.54, 1.807) is 0 Å². The van der Waals surface area contributed by atoms with Crippen LogP contribution in [0.15, 0.2) is 42.5 Å². The highest BCUT2D eigenvalue weighted by molar-refractivity contribution is 6.07. The van der Waals surface area contributed by atoms with Crippen molar-refractivity contribution in [2.45, 2.75) is 13.8 Å². The second-order valence-electron chi connectivity index (χ2n) is 5.86. The molecule has 0 saturated carbocycles. The van der Waals surface area contributed by atoms with Crippen molar-refractivity contribution in [2.75, 3.05) is 13.2 Å². The molecule has 0 atom stereocenters. The molecule has 0 fully saturated rings. The topological polar surface area (TPSA) is 54.1 Å². The zero-order valence-corrected chi connectivity index (χ0v) is 12.8. The lowest BCUT2D eigenvalue weighted by atomic mass is 10.1. The Labute approximate surface area is 129 Å². The monoisotopic (exact) mass is 296 g/mol. The summed E-state index contributed by atoms with van der Waals surface area (Å²) >= 11 is 0. The highest BCUT2D eigenvalue weighted by atomic mass is 16.5. The first-order valence-electron chi connectivity index (χ1n) is 7.53. The summed E-state index contributed by atoms with van der Waals surface area (Å²) in [5.74, 6) is 1.04. The van der Waals surface area contributed by atoms with Gasteiger partial charge in [-0.15, -0.1) is 0 Å². The van der Waals surface area contributed by atoms with Crippen molar-refractivity contribution in [3.63, 3.8) is 0 Å². The highest BCUT2D eigenvalue weighted by Crippen LogP contribution is 2.28. The normalized spacial score (nSPS) is 11.2. The van der Waals surface area contributed by atoms with E-state index in [1.165, 1.54) is 5.39 Å². The number of aromatic nitrogens is 1. The molecule has 0 aliphatic heterocycles. The molecule has 4 heteroatoms. The van der Waals surface area contributed by atoms with Crippen LogP contribution in [0.25, 0.3) is 21.8 Å². The number of fused-ring (bicyclic) bond motifs is 3. The third-order valence-electron chi connectivity index (χ3n) is 3.56. The Balaban J connectivity index is 1.72. The second-order valence-corrected chi connectivity index (χ2v) is 5.86. The lowest BCUT2D eigenvalue weighted by molar-refractivity contribution is -0.123. The van der Waals surface area contributed by atoms with Crippen LogP contribution in [0.2, 0.25) is 0 Å². The van der Waals surface area contributed by atoms with E-state index in [1.807, 2.05) is 30.3 Å². The highest BCUT2D eigenvalue weighted by Gasteiger charge is 2.07. The van der Waals surface area contributed by atoms with Gasteiger partial charge in [0.1, 0.15) is 5.75 Å². The number of benzene rings is 2. The van der Waals surface area contributed by atoms with Crippen LogP contribution >= 0.6 is 0 Å². The van der Waals surface area contributed by atoms with E-state index < -0.39 is 0 Å². The van der Waals surface area contributed by atoms with E-state index in [9.17, 15) is 4.79 Å². The van der Waals surface area contributed by atoms with Crippen molar-refractivity contribution in [3.8, 4) is 5.75 Å². The molecule has 3 rings (SSSR count). The average molecular weight is 296 g/mol. The van der Waals surface area contributed by atoms with Crippen molar-refractivity contribution in [3.05, 3.63) is 42.5 Å². The van der Waals surface area contributed by atoms with E-state index in [4.69, 9.17) is 4.74 Å². The molecule has 4 nitrogen and oxygen atoms in total. The molecule has 0 saturated heterocycles. The largest absolute Gasteiger partial charge is 0.484 e. The number of aromatic amines is 1. The summed E-state index contributed by atoms with van der Waals surface area (Å²) in [5.41, 5.74) is 2.12. The number of hydrogen-bond acceptors (Lipinski definition) is 2. The summed E-state index contributed by atoms with van der Waals surface area (Å²) in [6.07, 6.45) is 0. The number of hydrogen-bond donors (Lipinski definition) is 2. The molecule has 1 amide bonds. The first kappa shape index (κ1) is 14.4. The molecule has 0 spiro atoms. The van der Waals surface area contributed by atoms with Crippen LogP contribution in [0.5, 0.6) is 5.75 Å². The van der Waals surface area contributed by atoms with Gasteiger partial charge in [0.05, 0.1) is 5.52 Å². The first-order chi connectivity index (χ1) is 10.6. The second kappa shape index (κ2) is 6.10. The van der Waals surface area contributed by atoms with Gasteiger partial charge < -0.3 is 15.0 Å². The lowest BCUT2D eigenvalue weighted by Gasteiger charge is -2.09. The Hall–Kier alpha value is -2.49. The molecule has 0 unspecified atom stereocenters. The molecule has 0 aliphatic rings. The Morgan fingerprint density at radius 2 is 1.91 bits per heavy atom. The van der Waals surface area contributed by atoms with Gasteiger partial charge in [-0.05, 0) is 24.1 Å². The van der Waals surface area contributed by atoms with Gasteiger partial charge in [-0.1, -0.05) is 32.0 Å². The molecule has 0 radical (unpaired) electrons. The van der Waals surface area contributed by atoms with Gasteiger partial charge in [0.15, 0.2) is 6.61 Å². The van der Waals surface area contributed by atoms with Crippen LogP contribution in [-0.2, 0) is 4.79 Å².